The molecule has 2 heteroatoms. The lowest BCUT2D eigenvalue weighted by molar-refractivity contribution is 0.254. The molecule has 2 aromatic carbocycles. The molecule has 0 heterocycles. The third-order valence-corrected chi connectivity index (χ3v) is 4.76. The fraction of sp³-hybridized carbons (Fsp3) is 0.368. The maximum Gasteiger partial charge on any atom is 0.119 e. The summed E-state index contributed by atoms with van der Waals surface area (Å²) in [6.45, 7) is 0. The molecule has 2 N–H and O–H groups in total. The van der Waals surface area contributed by atoms with E-state index in [2.05, 4.69) is 42.5 Å². The van der Waals surface area contributed by atoms with Crippen molar-refractivity contribution in [2.75, 3.05) is 7.11 Å². The van der Waals surface area contributed by atoms with E-state index in [-0.39, 0.29) is 5.54 Å². The van der Waals surface area contributed by atoms with Gasteiger partial charge in [-0.25, -0.2) is 0 Å². The summed E-state index contributed by atoms with van der Waals surface area (Å²) < 4.78 is 5.38. The van der Waals surface area contributed by atoms with Crippen LogP contribution in [0.15, 0.2) is 54.6 Å². The van der Waals surface area contributed by atoms with Gasteiger partial charge in [-0.3, -0.25) is 0 Å². The van der Waals surface area contributed by atoms with Gasteiger partial charge in [0, 0.05) is 11.5 Å². The largest absolute Gasteiger partial charge is 0.497 e. The summed E-state index contributed by atoms with van der Waals surface area (Å²) in [5.74, 6) is 1.26. The molecule has 2 nitrogen and oxygen atoms in total. The molecule has 1 aliphatic rings. The third-order valence-electron chi connectivity index (χ3n) is 4.76. The molecule has 0 spiro atoms. The molecule has 2 aromatic rings. The summed E-state index contributed by atoms with van der Waals surface area (Å²) in [7, 11) is 1.71. The number of hydrogen-bond donors (Lipinski definition) is 1. The van der Waals surface area contributed by atoms with Crippen LogP contribution >= 0.6 is 0 Å². The van der Waals surface area contributed by atoms with Gasteiger partial charge < -0.3 is 10.5 Å². The van der Waals surface area contributed by atoms with Crippen molar-refractivity contribution in [3.8, 4) is 5.75 Å². The number of hydrogen-bond acceptors (Lipinski definition) is 2. The van der Waals surface area contributed by atoms with Crippen molar-refractivity contribution in [2.45, 2.75) is 37.1 Å². The Morgan fingerprint density at radius 1 is 1.05 bits per heavy atom. The standard InChI is InChI=1S/C19H23NO/c1-21-17-11-7-10-16(14-17)19(20)13-6-5-12-18(19)15-8-3-2-4-9-15/h2-4,7-11,14,18H,5-6,12-13,20H2,1H3. The minimum absolute atomic E-state index is 0.297. The van der Waals surface area contributed by atoms with Crippen LogP contribution in [0.3, 0.4) is 0 Å². The van der Waals surface area contributed by atoms with E-state index in [9.17, 15) is 0 Å². The van der Waals surface area contributed by atoms with E-state index >= 15 is 0 Å². The molecule has 0 radical (unpaired) electrons. The van der Waals surface area contributed by atoms with Crippen molar-refractivity contribution in [2.24, 2.45) is 5.73 Å². The zero-order chi connectivity index (χ0) is 14.7. The Morgan fingerprint density at radius 3 is 2.62 bits per heavy atom. The predicted molar refractivity (Wildman–Crippen MR) is 86.5 cm³/mol. The molecular weight excluding hydrogens is 258 g/mol. The molecule has 21 heavy (non-hydrogen) atoms. The van der Waals surface area contributed by atoms with Crippen molar-refractivity contribution in [1.82, 2.24) is 0 Å². The molecule has 0 aliphatic heterocycles. The first kappa shape index (κ1) is 14.2. The number of nitrogens with two attached hydrogens (primary N) is 1. The second-order valence-electron chi connectivity index (χ2n) is 5.98. The lowest BCUT2D eigenvalue weighted by atomic mass is 9.67. The Hall–Kier alpha value is -1.80. The second kappa shape index (κ2) is 5.90. The molecular formula is C19H23NO. The van der Waals surface area contributed by atoms with Crippen LogP contribution in [-0.2, 0) is 5.54 Å². The first-order valence-corrected chi connectivity index (χ1v) is 7.72. The summed E-state index contributed by atoms with van der Waals surface area (Å²) in [4.78, 5) is 0. The van der Waals surface area contributed by atoms with E-state index in [0.29, 0.717) is 5.92 Å². The normalized spacial score (nSPS) is 25.5. The van der Waals surface area contributed by atoms with Crippen molar-refractivity contribution >= 4 is 0 Å². The lowest BCUT2D eigenvalue weighted by Crippen LogP contribution is -2.45. The Labute approximate surface area is 126 Å². The van der Waals surface area contributed by atoms with Crippen LogP contribution in [0.25, 0.3) is 0 Å². The van der Waals surface area contributed by atoms with Crippen LogP contribution in [-0.4, -0.2) is 7.11 Å². The highest BCUT2D eigenvalue weighted by Crippen LogP contribution is 2.46. The minimum Gasteiger partial charge on any atom is -0.497 e. The van der Waals surface area contributed by atoms with Gasteiger partial charge in [-0.15, -0.1) is 0 Å². The Kier molecular flexibility index (Phi) is 3.98. The van der Waals surface area contributed by atoms with E-state index < -0.39 is 0 Å². The third kappa shape index (κ3) is 2.68. The molecule has 0 saturated heterocycles. The van der Waals surface area contributed by atoms with Crippen LogP contribution in [0.1, 0.15) is 42.7 Å². The first-order chi connectivity index (χ1) is 10.2. The highest BCUT2D eigenvalue weighted by molar-refractivity contribution is 5.38. The molecule has 1 fully saturated rings. The predicted octanol–water partition coefficient (Wildman–Crippen LogP) is 4.21. The summed E-state index contributed by atoms with van der Waals surface area (Å²) in [5.41, 5.74) is 9.17. The van der Waals surface area contributed by atoms with E-state index in [1.54, 1.807) is 7.11 Å². The molecule has 1 saturated carbocycles. The first-order valence-electron chi connectivity index (χ1n) is 7.72. The van der Waals surface area contributed by atoms with Crippen LogP contribution in [0.2, 0.25) is 0 Å². The highest BCUT2D eigenvalue weighted by Gasteiger charge is 2.39. The van der Waals surface area contributed by atoms with Crippen LogP contribution in [0, 0.1) is 0 Å². The summed E-state index contributed by atoms with van der Waals surface area (Å²) in [5, 5.41) is 0. The zero-order valence-corrected chi connectivity index (χ0v) is 12.6. The van der Waals surface area contributed by atoms with E-state index in [0.717, 1.165) is 18.6 Å². The van der Waals surface area contributed by atoms with Crippen LogP contribution in [0.4, 0.5) is 0 Å². The fourth-order valence-electron chi connectivity index (χ4n) is 3.61. The summed E-state index contributed by atoms with van der Waals surface area (Å²) in [6.07, 6.45) is 4.62. The van der Waals surface area contributed by atoms with Gasteiger partial charge in [-0.05, 0) is 36.1 Å². The summed E-state index contributed by atoms with van der Waals surface area (Å²) in [6, 6.07) is 19.0. The minimum atomic E-state index is -0.297. The molecule has 0 amide bonds. The maximum atomic E-state index is 6.92. The average molecular weight is 281 g/mol. The lowest BCUT2D eigenvalue weighted by Gasteiger charge is -2.42. The second-order valence-corrected chi connectivity index (χ2v) is 5.98. The number of methoxy groups -OCH3 is 1. The highest BCUT2D eigenvalue weighted by atomic mass is 16.5. The van der Waals surface area contributed by atoms with E-state index in [4.69, 9.17) is 10.5 Å². The van der Waals surface area contributed by atoms with Gasteiger partial charge in [0.2, 0.25) is 0 Å². The molecule has 0 aromatic heterocycles. The van der Waals surface area contributed by atoms with Gasteiger partial charge in [0.25, 0.3) is 0 Å². The van der Waals surface area contributed by atoms with Gasteiger partial charge in [-0.2, -0.15) is 0 Å². The quantitative estimate of drug-likeness (QED) is 0.914. The Balaban J connectivity index is 2.02. The number of ether oxygens (including phenoxy) is 1. The number of rotatable bonds is 3. The molecule has 2 unspecified atom stereocenters. The van der Waals surface area contributed by atoms with Gasteiger partial charge in [-0.1, -0.05) is 55.3 Å². The zero-order valence-electron chi connectivity index (χ0n) is 12.6. The topological polar surface area (TPSA) is 35.2 Å². The fourth-order valence-corrected chi connectivity index (χ4v) is 3.61. The van der Waals surface area contributed by atoms with Crippen LogP contribution in [0.5, 0.6) is 5.75 Å². The van der Waals surface area contributed by atoms with E-state index in [1.165, 1.54) is 24.0 Å². The van der Waals surface area contributed by atoms with Gasteiger partial charge >= 0.3 is 0 Å². The average Bonchev–Trinajstić information content (AvgIpc) is 2.56. The van der Waals surface area contributed by atoms with Crippen LogP contribution < -0.4 is 10.5 Å². The summed E-state index contributed by atoms with van der Waals surface area (Å²) >= 11 is 0. The van der Waals surface area contributed by atoms with Gasteiger partial charge in [0.05, 0.1) is 7.11 Å². The van der Waals surface area contributed by atoms with Crippen molar-refractivity contribution < 1.29 is 4.74 Å². The maximum absolute atomic E-state index is 6.92. The molecule has 0 bridgehead atoms. The van der Waals surface area contributed by atoms with E-state index in [1.807, 2.05) is 12.1 Å². The number of benzene rings is 2. The Morgan fingerprint density at radius 2 is 1.86 bits per heavy atom. The van der Waals surface area contributed by atoms with Crippen molar-refractivity contribution in [3.63, 3.8) is 0 Å². The molecule has 3 rings (SSSR count). The smallest absolute Gasteiger partial charge is 0.119 e. The van der Waals surface area contributed by atoms with Gasteiger partial charge in [0.1, 0.15) is 5.75 Å². The molecule has 1 aliphatic carbocycles. The monoisotopic (exact) mass is 281 g/mol. The molecule has 2 atom stereocenters. The SMILES string of the molecule is COc1cccc(C2(N)CCCCC2c2ccccc2)c1. The van der Waals surface area contributed by atoms with Crippen molar-refractivity contribution in [1.29, 1.82) is 0 Å². The molecule has 110 valence electrons. The van der Waals surface area contributed by atoms with Crippen molar-refractivity contribution in [3.05, 3.63) is 65.7 Å². The Bertz CT molecular complexity index is 596. The van der Waals surface area contributed by atoms with Gasteiger partial charge in [0.15, 0.2) is 0 Å².